The number of nitro groups is 1. The number of ketones is 2. The Bertz CT molecular complexity index is 1220. The monoisotopic (exact) mass is 459 g/mol. The van der Waals surface area contributed by atoms with Crippen molar-refractivity contribution in [2.45, 2.75) is 24.5 Å². The standard InChI is InChI=1S/C21H21N3O9/c1-23(2)15-9-6-7-5-8-10(24(32)33)3-4-11(25)13(8)16(26)12(7)18(28)21(9,31)19(29)14(17(15)27)20(22)30/h3-4,7,9,15,25,27-28,31H,5-6H2,1-2H3,(H2,22,30)/t7-,9+,15-,21-/m0/s1. The maximum Gasteiger partial charge on any atom is 0.273 e. The largest absolute Gasteiger partial charge is 0.510 e. The van der Waals surface area contributed by atoms with Crippen molar-refractivity contribution in [1.29, 1.82) is 0 Å². The van der Waals surface area contributed by atoms with Gasteiger partial charge in [-0.1, -0.05) is 0 Å². The number of carbonyl (C=O) groups excluding carboxylic acids is 3. The van der Waals surface area contributed by atoms with E-state index in [9.17, 15) is 44.9 Å². The second-order valence-electron chi connectivity index (χ2n) is 8.68. The van der Waals surface area contributed by atoms with Gasteiger partial charge in [0.15, 0.2) is 11.4 Å². The van der Waals surface area contributed by atoms with E-state index in [0.717, 1.165) is 12.1 Å². The lowest BCUT2D eigenvalue weighted by atomic mass is 9.58. The molecule has 0 aliphatic heterocycles. The number of primary amides is 1. The molecule has 4 atom stereocenters. The molecule has 0 fully saturated rings. The molecule has 3 aliphatic rings. The van der Waals surface area contributed by atoms with Crippen LogP contribution in [0.1, 0.15) is 22.3 Å². The molecule has 4 rings (SSSR count). The van der Waals surface area contributed by atoms with Crippen LogP contribution in [0.5, 0.6) is 5.75 Å². The van der Waals surface area contributed by atoms with Gasteiger partial charge >= 0.3 is 0 Å². The van der Waals surface area contributed by atoms with Gasteiger partial charge in [-0.25, -0.2) is 0 Å². The van der Waals surface area contributed by atoms with Gasteiger partial charge in [0, 0.05) is 23.1 Å². The number of allylic oxidation sites excluding steroid dienone is 1. The van der Waals surface area contributed by atoms with Crippen molar-refractivity contribution >= 4 is 23.2 Å². The van der Waals surface area contributed by atoms with E-state index in [2.05, 4.69) is 0 Å². The van der Waals surface area contributed by atoms with Gasteiger partial charge in [0.2, 0.25) is 5.78 Å². The first-order valence-corrected chi connectivity index (χ1v) is 9.98. The molecule has 33 heavy (non-hydrogen) atoms. The third-order valence-electron chi connectivity index (χ3n) is 6.78. The number of nitrogens with zero attached hydrogens (tertiary/aromatic N) is 2. The maximum absolute atomic E-state index is 13.3. The van der Waals surface area contributed by atoms with Crippen LogP contribution < -0.4 is 5.73 Å². The number of rotatable bonds is 3. The van der Waals surface area contributed by atoms with E-state index in [-0.39, 0.29) is 24.0 Å². The van der Waals surface area contributed by atoms with Crippen molar-refractivity contribution in [3.63, 3.8) is 0 Å². The Hall–Kier alpha value is -3.77. The number of hydrogen-bond donors (Lipinski definition) is 5. The lowest BCUT2D eigenvalue weighted by Gasteiger charge is -2.50. The van der Waals surface area contributed by atoms with Gasteiger partial charge < -0.3 is 26.2 Å². The van der Waals surface area contributed by atoms with Crippen LogP contribution in [0.25, 0.3) is 0 Å². The molecular weight excluding hydrogens is 438 g/mol. The second-order valence-corrected chi connectivity index (χ2v) is 8.68. The number of phenolic OH excluding ortho intramolecular Hbond substituents is 1. The van der Waals surface area contributed by atoms with Gasteiger partial charge in [-0.2, -0.15) is 0 Å². The van der Waals surface area contributed by atoms with E-state index in [1.54, 1.807) is 0 Å². The van der Waals surface area contributed by atoms with Gasteiger partial charge in [0.25, 0.3) is 11.6 Å². The molecule has 12 nitrogen and oxygen atoms in total. The Balaban J connectivity index is 1.99. The number of likely N-dealkylation sites (N-methyl/N-ethyl adjacent to an activating group) is 1. The lowest BCUT2D eigenvalue weighted by molar-refractivity contribution is -0.385. The number of phenols is 1. The van der Waals surface area contributed by atoms with Crippen LogP contribution in [0.15, 0.2) is 34.8 Å². The van der Waals surface area contributed by atoms with Crippen molar-refractivity contribution in [2.24, 2.45) is 17.6 Å². The zero-order valence-corrected chi connectivity index (χ0v) is 17.6. The minimum absolute atomic E-state index is 0.0295. The first-order chi connectivity index (χ1) is 15.3. The Kier molecular flexibility index (Phi) is 4.84. The van der Waals surface area contributed by atoms with Crippen molar-refractivity contribution < 1.29 is 39.7 Å². The molecule has 1 aromatic carbocycles. The summed E-state index contributed by atoms with van der Waals surface area (Å²) in [6, 6.07) is 0.914. The Morgan fingerprint density at radius 1 is 1.24 bits per heavy atom. The normalized spacial score (nSPS) is 29.0. The molecule has 0 saturated heterocycles. The third-order valence-corrected chi connectivity index (χ3v) is 6.78. The highest BCUT2D eigenvalue weighted by atomic mass is 16.6. The summed E-state index contributed by atoms with van der Waals surface area (Å²) in [5, 5.41) is 54.9. The fourth-order valence-electron chi connectivity index (χ4n) is 5.41. The van der Waals surface area contributed by atoms with Crippen LogP contribution >= 0.6 is 0 Å². The summed E-state index contributed by atoms with van der Waals surface area (Å²) in [7, 11) is 3.02. The molecule has 1 aromatic rings. The fraction of sp³-hybridized carbons (Fsp3) is 0.381. The number of Topliss-reactive ketones (excluding diaryl/α,β-unsaturated/α-hetero) is 2. The highest BCUT2D eigenvalue weighted by molar-refractivity contribution is 6.24. The minimum atomic E-state index is -2.75. The molecule has 1 amide bonds. The summed E-state index contributed by atoms with van der Waals surface area (Å²) in [6.07, 6.45) is -0.280. The summed E-state index contributed by atoms with van der Waals surface area (Å²) < 4.78 is 0. The average Bonchev–Trinajstić information content (AvgIpc) is 2.70. The zero-order chi connectivity index (χ0) is 24.6. The lowest BCUT2D eigenvalue weighted by Crippen LogP contribution is -2.63. The van der Waals surface area contributed by atoms with Crippen LogP contribution in [-0.4, -0.2) is 73.5 Å². The number of aromatic hydroxyl groups is 1. The Morgan fingerprint density at radius 2 is 1.88 bits per heavy atom. The number of fused-ring (bicyclic) bond motifs is 3. The summed E-state index contributed by atoms with van der Waals surface area (Å²) in [4.78, 5) is 50.5. The number of amides is 1. The van der Waals surface area contributed by atoms with Gasteiger partial charge in [0.1, 0.15) is 22.8 Å². The number of aliphatic hydroxyl groups is 3. The van der Waals surface area contributed by atoms with Gasteiger partial charge in [-0.05, 0) is 38.9 Å². The van der Waals surface area contributed by atoms with E-state index >= 15 is 0 Å². The minimum Gasteiger partial charge on any atom is -0.510 e. The molecule has 174 valence electrons. The number of aliphatic hydroxyl groups excluding tert-OH is 2. The number of nitrogens with two attached hydrogens (primary N) is 1. The predicted octanol–water partition coefficient (Wildman–Crippen LogP) is 0.0288. The van der Waals surface area contributed by atoms with E-state index < -0.39 is 80.0 Å². The number of nitro benzene ring substituents is 1. The molecule has 0 saturated carbocycles. The van der Waals surface area contributed by atoms with Gasteiger partial charge in [-0.3, -0.25) is 29.4 Å². The van der Waals surface area contributed by atoms with E-state index in [0.29, 0.717) is 0 Å². The zero-order valence-electron chi connectivity index (χ0n) is 17.6. The van der Waals surface area contributed by atoms with Gasteiger partial charge in [-0.15, -0.1) is 0 Å². The quantitative estimate of drug-likeness (QED) is 0.233. The smallest absolute Gasteiger partial charge is 0.273 e. The molecule has 0 heterocycles. The molecule has 3 aliphatic carbocycles. The highest BCUT2D eigenvalue weighted by Gasteiger charge is 2.63. The summed E-state index contributed by atoms with van der Waals surface area (Å²) >= 11 is 0. The molecule has 12 heteroatoms. The van der Waals surface area contributed by atoms with Crippen LogP contribution in [0, 0.1) is 22.0 Å². The van der Waals surface area contributed by atoms with E-state index in [1.807, 2.05) is 0 Å². The van der Waals surface area contributed by atoms with Crippen LogP contribution in [-0.2, 0) is 16.0 Å². The Labute approximate surface area is 186 Å². The number of benzene rings is 1. The SMILES string of the molecule is CN(C)[C@@H]1C(O)=C(C(N)=O)C(=O)[C@@]2(O)C(O)=C3C(=O)c4c(O)ccc([N+](=O)[O-])c4C[C@H]3C[C@H]12. The summed E-state index contributed by atoms with van der Waals surface area (Å²) in [6.45, 7) is 0. The molecule has 0 aromatic heterocycles. The van der Waals surface area contributed by atoms with Gasteiger partial charge in [0.05, 0.1) is 16.5 Å². The van der Waals surface area contributed by atoms with Crippen LogP contribution in [0.4, 0.5) is 5.69 Å². The average molecular weight is 459 g/mol. The molecule has 0 radical (unpaired) electrons. The van der Waals surface area contributed by atoms with Crippen molar-refractivity contribution in [3.05, 3.63) is 56.0 Å². The van der Waals surface area contributed by atoms with Crippen LogP contribution in [0.3, 0.4) is 0 Å². The molecule has 0 unspecified atom stereocenters. The summed E-state index contributed by atoms with van der Waals surface area (Å²) in [5.74, 6) is -7.95. The molecular formula is C21H21N3O9. The first kappa shape index (κ1) is 22.4. The third kappa shape index (κ3) is 2.80. The molecule has 0 bridgehead atoms. The molecule has 6 N–H and O–H groups in total. The van der Waals surface area contributed by atoms with E-state index in [1.165, 1.54) is 19.0 Å². The van der Waals surface area contributed by atoms with Crippen LogP contribution in [0.2, 0.25) is 0 Å². The fourth-order valence-corrected chi connectivity index (χ4v) is 5.41. The van der Waals surface area contributed by atoms with Crippen molar-refractivity contribution in [1.82, 2.24) is 4.90 Å². The summed E-state index contributed by atoms with van der Waals surface area (Å²) in [5.41, 5.74) is 0.417. The highest BCUT2D eigenvalue weighted by Crippen LogP contribution is 2.52. The maximum atomic E-state index is 13.3. The predicted molar refractivity (Wildman–Crippen MR) is 110 cm³/mol. The first-order valence-electron chi connectivity index (χ1n) is 9.98. The van der Waals surface area contributed by atoms with Crippen molar-refractivity contribution in [2.75, 3.05) is 14.1 Å². The number of hydrogen-bond acceptors (Lipinski definition) is 10. The second kappa shape index (κ2) is 7.12. The molecule has 0 spiro atoms. The topological polar surface area (TPSA) is 205 Å². The Morgan fingerprint density at radius 3 is 2.42 bits per heavy atom. The number of carbonyl (C=O) groups is 3. The van der Waals surface area contributed by atoms with Crippen molar-refractivity contribution in [3.8, 4) is 5.75 Å². The van der Waals surface area contributed by atoms with E-state index in [4.69, 9.17) is 5.73 Å².